The summed E-state index contributed by atoms with van der Waals surface area (Å²) < 4.78 is 13.8. The first-order valence-electron chi connectivity index (χ1n) is 7.03. The van der Waals surface area contributed by atoms with Crippen LogP contribution >= 0.6 is 25.4 Å². The van der Waals surface area contributed by atoms with Crippen LogP contribution in [-0.4, -0.2) is 39.3 Å². The zero-order valence-corrected chi connectivity index (χ0v) is 15.7. The van der Waals surface area contributed by atoms with Gasteiger partial charge in [0.15, 0.2) is 11.5 Å². The SMILES string of the molecule is CNc1ncnc2c1ncn2[C@H]1CC(C)[C@@H](COP(P)P)O1. The van der Waals surface area contributed by atoms with Crippen LogP contribution in [0, 0.1) is 5.92 Å². The van der Waals surface area contributed by atoms with Gasteiger partial charge in [-0.1, -0.05) is 24.8 Å². The molecule has 0 aromatic carbocycles. The summed E-state index contributed by atoms with van der Waals surface area (Å²) >= 11 is 0. The van der Waals surface area contributed by atoms with Gasteiger partial charge < -0.3 is 14.6 Å². The second-order valence-electron chi connectivity index (χ2n) is 5.29. The third-order valence-corrected chi connectivity index (χ3v) is 5.18. The van der Waals surface area contributed by atoms with Gasteiger partial charge in [0.25, 0.3) is 0 Å². The average molecular weight is 359 g/mol. The van der Waals surface area contributed by atoms with E-state index >= 15 is 0 Å². The Morgan fingerprint density at radius 3 is 3.00 bits per heavy atom. The van der Waals surface area contributed by atoms with Crippen molar-refractivity contribution in [3.8, 4) is 0 Å². The minimum absolute atomic E-state index is 0.0616. The van der Waals surface area contributed by atoms with Crippen LogP contribution in [0.2, 0.25) is 0 Å². The van der Waals surface area contributed by atoms with Gasteiger partial charge in [0.2, 0.25) is 0 Å². The van der Waals surface area contributed by atoms with Crippen LogP contribution in [-0.2, 0) is 9.26 Å². The van der Waals surface area contributed by atoms with Crippen LogP contribution in [0.25, 0.3) is 11.2 Å². The summed E-state index contributed by atoms with van der Waals surface area (Å²) in [4.78, 5) is 13.0. The van der Waals surface area contributed by atoms with Gasteiger partial charge in [-0.15, -0.1) is 0 Å². The van der Waals surface area contributed by atoms with Crippen molar-refractivity contribution in [2.75, 3.05) is 19.0 Å². The molecule has 3 rings (SSSR count). The molecule has 0 amide bonds. The Balaban J connectivity index is 1.81. The van der Waals surface area contributed by atoms with E-state index in [9.17, 15) is 0 Å². The Hall–Kier alpha value is -0.440. The summed E-state index contributed by atoms with van der Waals surface area (Å²) in [5.74, 6) is 1.16. The van der Waals surface area contributed by atoms with Gasteiger partial charge in [0.05, 0.1) is 26.6 Å². The summed E-state index contributed by atoms with van der Waals surface area (Å²) in [6, 6.07) is 0. The molecule has 0 bridgehead atoms. The van der Waals surface area contributed by atoms with Gasteiger partial charge in [-0.05, 0) is 12.3 Å². The maximum atomic E-state index is 6.16. The number of imidazole rings is 1. The Morgan fingerprint density at radius 2 is 2.27 bits per heavy atom. The number of rotatable bonds is 5. The second kappa shape index (κ2) is 6.98. The molecule has 1 N–H and O–H groups in total. The number of nitrogens with one attached hydrogen (secondary N) is 1. The zero-order chi connectivity index (χ0) is 15.7. The minimum Gasteiger partial charge on any atom is -0.371 e. The fourth-order valence-corrected chi connectivity index (χ4v) is 3.48. The molecule has 5 atom stereocenters. The van der Waals surface area contributed by atoms with Crippen molar-refractivity contribution in [3.05, 3.63) is 12.7 Å². The molecule has 3 heterocycles. The lowest BCUT2D eigenvalue weighted by Gasteiger charge is -2.17. The summed E-state index contributed by atoms with van der Waals surface area (Å²) in [7, 11) is 6.63. The Morgan fingerprint density at radius 1 is 1.45 bits per heavy atom. The first kappa shape index (κ1) is 16.4. The average Bonchev–Trinajstić information content (AvgIpc) is 3.08. The van der Waals surface area contributed by atoms with Gasteiger partial charge in [-0.25, -0.2) is 15.0 Å². The van der Waals surface area contributed by atoms with Crippen molar-refractivity contribution in [2.24, 2.45) is 5.92 Å². The van der Waals surface area contributed by atoms with Crippen molar-refractivity contribution < 1.29 is 9.26 Å². The van der Waals surface area contributed by atoms with Crippen LogP contribution in [0.3, 0.4) is 0 Å². The molecule has 0 radical (unpaired) electrons. The van der Waals surface area contributed by atoms with Crippen LogP contribution < -0.4 is 5.32 Å². The van der Waals surface area contributed by atoms with E-state index in [0.29, 0.717) is 12.5 Å². The smallest absolute Gasteiger partial charge is 0.167 e. The van der Waals surface area contributed by atoms with E-state index in [1.54, 1.807) is 12.7 Å². The zero-order valence-electron chi connectivity index (χ0n) is 12.5. The van der Waals surface area contributed by atoms with Crippen molar-refractivity contribution >= 4 is 42.4 Å². The molecule has 0 spiro atoms. The summed E-state index contributed by atoms with van der Waals surface area (Å²) in [5, 5.41) is 3.03. The van der Waals surface area contributed by atoms with E-state index in [1.165, 1.54) is 0 Å². The fourth-order valence-electron chi connectivity index (χ4n) is 2.65. The molecule has 22 heavy (non-hydrogen) atoms. The van der Waals surface area contributed by atoms with Gasteiger partial charge >= 0.3 is 0 Å². The predicted octanol–water partition coefficient (Wildman–Crippen LogP) is 2.79. The Bertz CT molecular complexity index is 653. The predicted molar refractivity (Wildman–Crippen MR) is 94.9 cm³/mol. The van der Waals surface area contributed by atoms with Crippen molar-refractivity contribution in [3.63, 3.8) is 0 Å². The van der Waals surface area contributed by atoms with Gasteiger partial charge in [-0.2, -0.15) is 0 Å². The van der Waals surface area contributed by atoms with Crippen LogP contribution in [0.4, 0.5) is 5.82 Å². The van der Waals surface area contributed by atoms with Crippen molar-refractivity contribution in [1.29, 1.82) is 0 Å². The molecular formula is C12H20N5O2P3. The lowest BCUT2D eigenvalue weighted by molar-refractivity contribution is -0.0201. The summed E-state index contributed by atoms with van der Waals surface area (Å²) in [5.41, 5.74) is 1.55. The van der Waals surface area contributed by atoms with Gasteiger partial charge in [0, 0.05) is 7.05 Å². The number of hydrogen-bond donors (Lipinski definition) is 1. The highest BCUT2D eigenvalue weighted by Gasteiger charge is 2.34. The topological polar surface area (TPSA) is 74.1 Å². The molecule has 3 unspecified atom stereocenters. The molecule has 7 nitrogen and oxygen atoms in total. The van der Waals surface area contributed by atoms with E-state index in [2.05, 4.69) is 45.0 Å². The van der Waals surface area contributed by atoms with Crippen molar-refractivity contribution in [1.82, 2.24) is 19.5 Å². The van der Waals surface area contributed by atoms with E-state index in [-0.39, 0.29) is 12.3 Å². The largest absolute Gasteiger partial charge is 0.371 e. The molecule has 1 saturated heterocycles. The third-order valence-electron chi connectivity index (χ3n) is 3.83. The van der Waals surface area contributed by atoms with E-state index in [4.69, 9.17) is 9.26 Å². The maximum absolute atomic E-state index is 6.16. The monoisotopic (exact) mass is 359 g/mol. The Kier molecular flexibility index (Phi) is 5.21. The normalized spacial score (nSPS) is 25.2. The highest BCUT2D eigenvalue weighted by atomic mass is 32.4. The molecule has 1 aliphatic rings. The minimum atomic E-state index is -0.525. The van der Waals surface area contributed by atoms with Gasteiger partial charge in [0.1, 0.15) is 18.1 Å². The van der Waals surface area contributed by atoms with Crippen LogP contribution in [0.5, 0.6) is 0 Å². The molecular weight excluding hydrogens is 339 g/mol. The molecule has 1 aliphatic heterocycles. The number of ether oxygens (including phenoxy) is 1. The molecule has 2 aromatic heterocycles. The second-order valence-corrected chi connectivity index (χ2v) is 11.1. The molecule has 0 aliphatic carbocycles. The number of anilines is 1. The lowest BCUT2D eigenvalue weighted by Crippen LogP contribution is -2.19. The number of fused-ring (bicyclic) bond motifs is 1. The standard InChI is InChI=1S/C12H20N5O2P3/c1-7-3-9(19-8(7)4-18-22(20)21)17-6-16-10-11(13-2)14-5-15-12(10)17/h5-9H,3-4,20-21H2,1-2H3,(H,13,14,15)/t7?,8-,9-/m1/s1. The van der Waals surface area contributed by atoms with Crippen molar-refractivity contribution in [2.45, 2.75) is 25.7 Å². The molecule has 1 fully saturated rings. The Labute approximate surface area is 135 Å². The number of aromatic nitrogens is 4. The third kappa shape index (κ3) is 3.25. The summed E-state index contributed by atoms with van der Waals surface area (Å²) in [6.45, 7) is 2.80. The summed E-state index contributed by atoms with van der Waals surface area (Å²) in [6.07, 6.45) is 4.28. The molecule has 10 heteroatoms. The van der Waals surface area contributed by atoms with Crippen LogP contribution in [0.1, 0.15) is 19.6 Å². The number of nitrogens with zero attached hydrogens (tertiary/aromatic N) is 4. The highest BCUT2D eigenvalue weighted by molar-refractivity contribution is 8.41. The maximum Gasteiger partial charge on any atom is 0.167 e. The first-order chi connectivity index (χ1) is 10.6. The van der Waals surface area contributed by atoms with Gasteiger partial charge in [-0.3, -0.25) is 4.57 Å². The fraction of sp³-hybridized carbons (Fsp3) is 0.583. The van der Waals surface area contributed by atoms with E-state index < -0.39 is 7.53 Å². The quantitative estimate of drug-likeness (QED) is 0.828. The molecule has 0 saturated carbocycles. The van der Waals surface area contributed by atoms with Crippen LogP contribution in [0.15, 0.2) is 12.7 Å². The molecule has 2 aromatic rings. The van der Waals surface area contributed by atoms with E-state index in [0.717, 1.165) is 23.4 Å². The number of hydrogen-bond acceptors (Lipinski definition) is 6. The highest BCUT2D eigenvalue weighted by Crippen LogP contribution is 2.54. The first-order valence-corrected chi connectivity index (χ1v) is 11.5. The lowest BCUT2D eigenvalue weighted by atomic mass is 10.0. The molecule has 120 valence electrons. The van der Waals surface area contributed by atoms with E-state index in [1.807, 2.05) is 11.6 Å².